The summed E-state index contributed by atoms with van der Waals surface area (Å²) in [5, 5.41) is 3.63. The first-order valence-corrected chi connectivity index (χ1v) is 8.23. The number of fused-ring (bicyclic) bond motifs is 1. The highest BCUT2D eigenvalue weighted by atomic mass is 79.9. The van der Waals surface area contributed by atoms with E-state index in [1.165, 1.54) is 0 Å². The van der Waals surface area contributed by atoms with Gasteiger partial charge in [0.15, 0.2) is 0 Å². The van der Waals surface area contributed by atoms with Gasteiger partial charge in [-0.25, -0.2) is 4.99 Å². The second-order valence-corrected chi connectivity index (χ2v) is 6.53. The Balaban J connectivity index is 2.18. The molecule has 6 heteroatoms. The van der Waals surface area contributed by atoms with Crippen LogP contribution < -0.4 is 5.32 Å². The summed E-state index contributed by atoms with van der Waals surface area (Å²) in [5.74, 6) is -0.237. The van der Waals surface area contributed by atoms with Crippen LogP contribution >= 0.6 is 39.1 Å². The third kappa shape index (κ3) is 2.67. The maximum absolute atomic E-state index is 12.3. The minimum absolute atomic E-state index is 0.237. The first-order valence-electron chi connectivity index (χ1n) is 6.68. The van der Waals surface area contributed by atoms with E-state index in [9.17, 15) is 4.79 Å². The number of rotatable bonds is 2. The van der Waals surface area contributed by atoms with Gasteiger partial charge < -0.3 is 5.32 Å². The number of amides is 1. The normalized spacial score (nSPS) is 15.1. The maximum atomic E-state index is 12.3. The standard InChI is InChI=1S/C16H11BrCl2N2O/c1-2-8-6-9(17)7-10-14(8)21-16(22)15(10)20-12-5-3-4-11(18)13(12)19/h3-7H,2H2,1H3,(H,20,21,22). The third-order valence-electron chi connectivity index (χ3n) is 3.44. The highest BCUT2D eigenvalue weighted by Crippen LogP contribution is 2.36. The summed E-state index contributed by atoms with van der Waals surface area (Å²) in [6.07, 6.45) is 0.813. The van der Waals surface area contributed by atoms with Gasteiger partial charge in [0, 0.05) is 10.0 Å². The van der Waals surface area contributed by atoms with Crippen molar-refractivity contribution in [3.63, 3.8) is 0 Å². The third-order valence-corrected chi connectivity index (χ3v) is 4.70. The number of carbonyl (C=O) groups excluding carboxylic acids is 1. The fourth-order valence-electron chi connectivity index (χ4n) is 2.38. The van der Waals surface area contributed by atoms with E-state index in [4.69, 9.17) is 23.2 Å². The van der Waals surface area contributed by atoms with Crippen LogP contribution in [0.4, 0.5) is 11.4 Å². The average molecular weight is 398 g/mol. The largest absolute Gasteiger partial charge is 0.320 e. The topological polar surface area (TPSA) is 41.5 Å². The molecule has 0 radical (unpaired) electrons. The number of halogens is 3. The molecule has 1 aliphatic heterocycles. The van der Waals surface area contributed by atoms with E-state index >= 15 is 0 Å². The van der Waals surface area contributed by atoms with Crippen molar-refractivity contribution in [2.75, 3.05) is 5.32 Å². The van der Waals surface area contributed by atoms with Gasteiger partial charge in [0.05, 0.1) is 21.4 Å². The Kier molecular flexibility index (Phi) is 4.26. The molecule has 0 atom stereocenters. The predicted molar refractivity (Wildman–Crippen MR) is 94.8 cm³/mol. The van der Waals surface area contributed by atoms with Gasteiger partial charge in [-0.1, -0.05) is 52.1 Å². The van der Waals surface area contributed by atoms with E-state index in [2.05, 4.69) is 26.2 Å². The van der Waals surface area contributed by atoms with Crippen molar-refractivity contribution >= 4 is 62.1 Å². The molecule has 2 aromatic carbocycles. The SMILES string of the molecule is CCc1cc(Br)cc2c1NC(=O)C2=Nc1cccc(Cl)c1Cl. The molecule has 0 aromatic heterocycles. The van der Waals surface area contributed by atoms with Gasteiger partial charge in [0.1, 0.15) is 5.71 Å². The summed E-state index contributed by atoms with van der Waals surface area (Å²) < 4.78 is 0.907. The van der Waals surface area contributed by atoms with E-state index < -0.39 is 0 Å². The van der Waals surface area contributed by atoms with Gasteiger partial charge in [-0.2, -0.15) is 0 Å². The van der Waals surface area contributed by atoms with Crippen LogP contribution in [0.2, 0.25) is 10.0 Å². The first-order chi connectivity index (χ1) is 10.5. The summed E-state index contributed by atoms with van der Waals surface area (Å²) in [5.41, 5.74) is 3.46. The zero-order valence-electron chi connectivity index (χ0n) is 11.6. The lowest BCUT2D eigenvalue weighted by atomic mass is 10.0. The summed E-state index contributed by atoms with van der Waals surface area (Å²) >= 11 is 15.6. The molecule has 0 fully saturated rings. The van der Waals surface area contributed by atoms with E-state index in [1.807, 2.05) is 19.1 Å². The summed E-state index contributed by atoms with van der Waals surface area (Å²) in [4.78, 5) is 16.7. The molecule has 0 spiro atoms. The van der Waals surface area contributed by atoms with Crippen LogP contribution in [0.5, 0.6) is 0 Å². The van der Waals surface area contributed by atoms with Crippen molar-refractivity contribution in [3.8, 4) is 0 Å². The number of carbonyl (C=O) groups is 1. The fourth-order valence-corrected chi connectivity index (χ4v) is 3.22. The minimum Gasteiger partial charge on any atom is -0.320 e. The van der Waals surface area contributed by atoms with E-state index in [0.29, 0.717) is 21.4 Å². The van der Waals surface area contributed by atoms with Gasteiger partial charge >= 0.3 is 0 Å². The number of benzene rings is 2. The molecular formula is C16H11BrCl2N2O. The molecule has 1 amide bonds. The van der Waals surface area contributed by atoms with Crippen LogP contribution in [0.15, 0.2) is 39.8 Å². The average Bonchev–Trinajstić information content (AvgIpc) is 2.79. The van der Waals surface area contributed by atoms with Crippen LogP contribution in [0.3, 0.4) is 0 Å². The van der Waals surface area contributed by atoms with Crippen LogP contribution in [0.25, 0.3) is 0 Å². The van der Waals surface area contributed by atoms with Crippen molar-refractivity contribution < 1.29 is 4.79 Å². The lowest BCUT2D eigenvalue weighted by Gasteiger charge is -2.06. The molecule has 2 aromatic rings. The first kappa shape index (κ1) is 15.5. The Labute approximate surface area is 146 Å². The molecule has 1 aliphatic rings. The Morgan fingerprint density at radius 3 is 2.77 bits per heavy atom. The second kappa shape index (κ2) is 6.03. The van der Waals surface area contributed by atoms with E-state index in [-0.39, 0.29) is 5.91 Å². The molecule has 22 heavy (non-hydrogen) atoms. The number of aliphatic imine (C=N–C) groups is 1. The van der Waals surface area contributed by atoms with E-state index in [0.717, 1.165) is 27.7 Å². The minimum atomic E-state index is -0.237. The summed E-state index contributed by atoms with van der Waals surface area (Å²) in [7, 11) is 0. The molecule has 0 saturated carbocycles. The molecule has 3 nitrogen and oxygen atoms in total. The van der Waals surface area contributed by atoms with E-state index in [1.54, 1.807) is 18.2 Å². The smallest absolute Gasteiger partial charge is 0.275 e. The number of hydrogen-bond acceptors (Lipinski definition) is 2. The van der Waals surface area contributed by atoms with Crippen molar-refractivity contribution in [2.45, 2.75) is 13.3 Å². The molecule has 0 unspecified atom stereocenters. The number of anilines is 1. The van der Waals surface area contributed by atoms with Crippen molar-refractivity contribution in [1.29, 1.82) is 0 Å². The summed E-state index contributed by atoms with van der Waals surface area (Å²) in [6, 6.07) is 9.03. The van der Waals surface area contributed by atoms with Crippen LogP contribution in [0, 0.1) is 0 Å². The monoisotopic (exact) mass is 396 g/mol. The fraction of sp³-hybridized carbons (Fsp3) is 0.125. The molecule has 0 saturated heterocycles. The molecule has 0 aliphatic carbocycles. The molecular weight excluding hydrogens is 387 g/mol. The van der Waals surface area contributed by atoms with Crippen molar-refractivity contribution in [3.05, 3.63) is 56.0 Å². The van der Waals surface area contributed by atoms with Gasteiger partial charge in [-0.05, 0) is 36.2 Å². The van der Waals surface area contributed by atoms with Gasteiger partial charge in [-0.3, -0.25) is 4.79 Å². The van der Waals surface area contributed by atoms with Crippen LogP contribution in [-0.4, -0.2) is 11.6 Å². The van der Waals surface area contributed by atoms with Crippen LogP contribution in [-0.2, 0) is 11.2 Å². The second-order valence-electron chi connectivity index (χ2n) is 4.83. The van der Waals surface area contributed by atoms with Crippen molar-refractivity contribution in [2.24, 2.45) is 4.99 Å². The Bertz CT molecular complexity index is 818. The number of nitrogens with zero attached hydrogens (tertiary/aromatic N) is 1. The molecule has 1 N–H and O–H groups in total. The molecule has 3 rings (SSSR count). The zero-order chi connectivity index (χ0) is 15.9. The highest BCUT2D eigenvalue weighted by Gasteiger charge is 2.28. The molecule has 1 heterocycles. The maximum Gasteiger partial charge on any atom is 0.275 e. The van der Waals surface area contributed by atoms with Gasteiger partial charge in [-0.15, -0.1) is 0 Å². The number of nitrogens with one attached hydrogen (secondary N) is 1. The van der Waals surface area contributed by atoms with Gasteiger partial charge in [0.2, 0.25) is 0 Å². The lowest BCUT2D eigenvalue weighted by Crippen LogP contribution is -2.14. The number of hydrogen-bond donors (Lipinski definition) is 1. The van der Waals surface area contributed by atoms with Crippen LogP contribution in [0.1, 0.15) is 18.1 Å². The quantitative estimate of drug-likeness (QED) is 0.724. The molecule has 0 bridgehead atoms. The zero-order valence-corrected chi connectivity index (χ0v) is 14.7. The Hall–Kier alpha value is -1.36. The predicted octanol–water partition coefficient (Wildman–Crippen LogP) is 5.39. The Morgan fingerprint density at radius 2 is 2.05 bits per heavy atom. The Morgan fingerprint density at radius 1 is 1.27 bits per heavy atom. The van der Waals surface area contributed by atoms with Crippen molar-refractivity contribution in [1.82, 2.24) is 0 Å². The molecule has 112 valence electrons. The highest BCUT2D eigenvalue weighted by molar-refractivity contribution is 9.10. The number of aryl methyl sites for hydroxylation is 1. The summed E-state index contributed by atoms with van der Waals surface area (Å²) in [6.45, 7) is 2.04. The lowest BCUT2D eigenvalue weighted by molar-refractivity contribution is -0.110. The van der Waals surface area contributed by atoms with Gasteiger partial charge in [0.25, 0.3) is 5.91 Å².